The molecule has 0 spiro atoms. The van der Waals surface area contributed by atoms with Crippen LogP contribution < -0.4 is 0 Å². The summed E-state index contributed by atoms with van der Waals surface area (Å²) >= 11 is 0. The van der Waals surface area contributed by atoms with Crippen molar-refractivity contribution in [3.05, 3.63) is 48.6 Å². The Morgan fingerprint density at radius 1 is 1.27 bits per heavy atom. The maximum Gasteiger partial charge on any atom is 0.245 e. The Bertz CT molecular complexity index is 646. The SMILES string of the molecule is C=CC(=O)N1CCC(C(=O)N(C)CC(C)(C)OC)(c2ccccc2)CC1. The van der Waals surface area contributed by atoms with Crippen LogP contribution >= 0.6 is 0 Å². The minimum Gasteiger partial charge on any atom is -0.377 e. The second-order valence-electron chi connectivity index (χ2n) is 7.60. The smallest absolute Gasteiger partial charge is 0.245 e. The second-order valence-corrected chi connectivity index (χ2v) is 7.60. The summed E-state index contributed by atoms with van der Waals surface area (Å²) < 4.78 is 5.49. The molecule has 1 aliphatic heterocycles. The maximum absolute atomic E-state index is 13.5. The summed E-state index contributed by atoms with van der Waals surface area (Å²) in [6.07, 6.45) is 2.55. The van der Waals surface area contributed by atoms with Gasteiger partial charge in [-0.05, 0) is 38.3 Å². The zero-order chi connectivity index (χ0) is 19.4. The van der Waals surface area contributed by atoms with Crippen molar-refractivity contribution in [2.45, 2.75) is 37.7 Å². The average molecular weight is 358 g/mol. The molecule has 1 aromatic carbocycles. The van der Waals surface area contributed by atoms with Gasteiger partial charge in [0.1, 0.15) is 0 Å². The van der Waals surface area contributed by atoms with Gasteiger partial charge in [0.25, 0.3) is 0 Å². The van der Waals surface area contributed by atoms with Gasteiger partial charge < -0.3 is 14.5 Å². The number of methoxy groups -OCH3 is 1. The third-order valence-corrected chi connectivity index (χ3v) is 5.36. The number of hydrogen-bond donors (Lipinski definition) is 0. The van der Waals surface area contributed by atoms with Gasteiger partial charge in [-0.15, -0.1) is 0 Å². The van der Waals surface area contributed by atoms with Crippen molar-refractivity contribution in [1.82, 2.24) is 9.80 Å². The fourth-order valence-electron chi connectivity index (χ4n) is 3.69. The molecule has 0 unspecified atom stereocenters. The average Bonchev–Trinajstić information content (AvgIpc) is 2.67. The predicted molar refractivity (Wildman–Crippen MR) is 103 cm³/mol. The molecule has 0 N–H and O–H groups in total. The van der Waals surface area contributed by atoms with Gasteiger partial charge in [0.05, 0.1) is 11.0 Å². The van der Waals surface area contributed by atoms with Gasteiger partial charge in [-0.1, -0.05) is 36.9 Å². The second kappa shape index (κ2) is 8.04. The first kappa shape index (κ1) is 20.2. The minimum atomic E-state index is -0.613. The standard InChI is InChI=1S/C21H30N2O3/c1-6-18(24)23-14-12-21(13-15-23,17-10-8-7-9-11-17)19(25)22(4)16-20(2,3)26-5/h6-11H,1,12-16H2,2-5H3. The van der Waals surface area contributed by atoms with Crippen LogP contribution in [-0.4, -0.2) is 61.0 Å². The van der Waals surface area contributed by atoms with Crippen LogP contribution in [0.2, 0.25) is 0 Å². The number of carbonyl (C=O) groups is 2. The highest BCUT2D eigenvalue weighted by Crippen LogP contribution is 2.37. The molecule has 26 heavy (non-hydrogen) atoms. The molecule has 0 bridgehead atoms. The number of hydrogen-bond acceptors (Lipinski definition) is 3. The molecule has 1 aromatic rings. The first-order valence-electron chi connectivity index (χ1n) is 9.03. The van der Waals surface area contributed by atoms with Crippen LogP contribution in [0.15, 0.2) is 43.0 Å². The molecule has 0 atom stereocenters. The number of rotatable bonds is 6. The molecule has 5 heteroatoms. The van der Waals surface area contributed by atoms with E-state index < -0.39 is 11.0 Å². The fraction of sp³-hybridized carbons (Fsp3) is 0.524. The normalized spacial score (nSPS) is 16.8. The maximum atomic E-state index is 13.5. The summed E-state index contributed by atoms with van der Waals surface area (Å²) in [5, 5.41) is 0. The van der Waals surface area contributed by atoms with E-state index in [9.17, 15) is 9.59 Å². The van der Waals surface area contributed by atoms with E-state index in [4.69, 9.17) is 4.74 Å². The topological polar surface area (TPSA) is 49.9 Å². The Morgan fingerprint density at radius 3 is 2.35 bits per heavy atom. The van der Waals surface area contributed by atoms with Crippen molar-refractivity contribution in [3.8, 4) is 0 Å². The Balaban J connectivity index is 2.30. The highest BCUT2D eigenvalue weighted by atomic mass is 16.5. The van der Waals surface area contributed by atoms with E-state index >= 15 is 0 Å². The molecule has 2 amide bonds. The molecule has 1 aliphatic rings. The molecule has 2 rings (SSSR count). The molecule has 142 valence electrons. The number of nitrogens with zero attached hydrogens (tertiary/aromatic N) is 2. The monoisotopic (exact) mass is 358 g/mol. The summed E-state index contributed by atoms with van der Waals surface area (Å²) in [5.41, 5.74) is -0.0164. The Hall–Kier alpha value is -2.14. The van der Waals surface area contributed by atoms with E-state index in [1.165, 1.54) is 6.08 Å². The van der Waals surface area contributed by atoms with Crippen molar-refractivity contribution in [2.75, 3.05) is 33.8 Å². The van der Waals surface area contributed by atoms with Crippen LogP contribution in [0.3, 0.4) is 0 Å². The van der Waals surface area contributed by atoms with Crippen LogP contribution in [0.1, 0.15) is 32.3 Å². The highest BCUT2D eigenvalue weighted by Gasteiger charge is 2.45. The number of likely N-dealkylation sites (N-methyl/N-ethyl adjacent to an activating group) is 1. The highest BCUT2D eigenvalue weighted by molar-refractivity contribution is 5.90. The van der Waals surface area contributed by atoms with E-state index in [0.717, 1.165) is 5.56 Å². The van der Waals surface area contributed by atoms with E-state index in [1.807, 2.05) is 51.2 Å². The summed E-state index contributed by atoms with van der Waals surface area (Å²) in [6, 6.07) is 9.90. The third kappa shape index (κ3) is 4.15. The lowest BCUT2D eigenvalue weighted by Gasteiger charge is -2.43. The molecule has 0 radical (unpaired) electrons. The van der Waals surface area contributed by atoms with Crippen molar-refractivity contribution in [3.63, 3.8) is 0 Å². The predicted octanol–water partition coefficient (Wildman–Crippen LogP) is 2.62. The third-order valence-electron chi connectivity index (χ3n) is 5.36. The van der Waals surface area contributed by atoms with Gasteiger partial charge in [0.15, 0.2) is 0 Å². The number of piperidine rings is 1. The van der Waals surface area contributed by atoms with Gasteiger partial charge in [0.2, 0.25) is 11.8 Å². The lowest BCUT2D eigenvalue weighted by atomic mass is 9.71. The molecule has 0 aliphatic carbocycles. The van der Waals surface area contributed by atoms with E-state index in [1.54, 1.807) is 16.9 Å². The molecular weight excluding hydrogens is 328 g/mol. The van der Waals surface area contributed by atoms with Gasteiger partial charge in [-0.25, -0.2) is 0 Å². The summed E-state index contributed by atoms with van der Waals surface area (Å²) in [7, 11) is 3.49. The first-order valence-corrected chi connectivity index (χ1v) is 9.03. The van der Waals surface area contributed by atoms with Crippen LogP contribution in [0.4, 0.5) is 0 Å². The lowest BCUT2D eigenvalue weighted by Crippen LogP contribution is -2.55. The van der Waals surface area contributed by atoms with Crippen molar-refractivity contribution in [1.29, 1.82) is 0 Å². The van der Waals surface area contributed by atoms with Gasteiger partial charge in [-0.2, -0.15) is 0 Å². The Labute approximate surface area is 156 Å². The summed E-state index contributed by atoms with van der Waals surface area (Å²) in [5.74, 6) is 0.00695. The number of carbonyl (C=O) groups excluding carboxylic acids is 2. The Morgan fingerprint density at radius 2 is 1.85 bits per heavy atom. The van der Waals surface area contributed by atoms with E-state index in [0.29, 0.717) is 32.5 Å². The molecule has 1 fully saturated rings. The molecular formula is C21H30N2O3. The van der Waals surface area contributed by atoms with Crippen LogP contribution in [-0.2, 0) is 19.7 Å². The Kier molecular flexibility index (Phi) is 6.24. The minimum absolute atomic E-state index is 0.0759. The van der Waals surface area contributed by atoms with E-state index in [-0.39, 0.29) is 11.8 Å². The van der Waals surface area contributed by atoms with Crippen molar-refractivity contribution >= 4 is 11.8 Å². The molecule has 0 aromatic heterocycles. The molecule has 1 heterocycles. The summed E-state index contributed by atoms with van der Waals surface area (Å²) in [4.78, 5) is 29.0. The largest absolute Gasteiger partial charge is 0.377 e. The van der Waals surface area contributed by atoms with Crippen LogP contribution in [0.25, 0.3) is 0 Å². The van der Waals surface area contributed by atoms with Gasteiger partial charge >= 0.3 is 0 Å². The van der Waals surface area contributed by atoms with Crippen molar-refractivity contribution < 1.29 is 14.3 Å². The number of ether oxygens (including phenoxy) is 1. The van der Waals surface area contributed by atoms with Gasteiger partial charge in [0, 0.05) is 33.8 Å². The number of benzene rings is 1. The van der Waals surface area contributed by atoms with E-state index in [2.05, 4.69) is 6.58 Å². The van der Waals surface area contributed by atoms with Gasteiger partial charge in [-0.3, -0.25) is 9.59 Å². The molecule has 5 nitrogen and oxygen atoms in total. The van der Waals surface area contributed by atoms with Crippen LogP contribution in [0, 0.1) is 0 Å². The fourth-order valence-corrected chi connectivity index (χ4v) is 3.69. The molecule has 1 saturated heterocycles. The summed E-state index contributed by atoms with van der Waals surface area (Å²) in [6.45, 7) is 9.11. The quantitative estimate of drug-likeness (QED) is 0.735. The first-order chi connectivity index (χ1) is 12.3. The van der Waals surface area contributed by atoms with Crippen molar-refractivity contribution in [2.24, 2.45) is 0 Å². The number of likely N-dealkylation sites (tertiary alicyclic amines) is 1. The van der Waals surface area contributed by atoms with Crippen LogP contribution in [0.5, 0.6) is 0 Å². The number of amides is 2. The zero-order valence-electron chi connectivity index (χ0n) is 16.3. The molecule has 0 saturated carbocycles. The zero-order valence-corrected chi connectivity index (χ0v) is 16.3. The lowest BCUT2D eigenvalue weighted by molar-refractivity contribution is -0.143.